The maximum atomic E-state index is 11.3. The second-order valence-electron chi connectivity index (χ2n) is 5.40. The number of hydrogen-bond donors (Lipinski definition) is 0. The van der Waals surface area contributed by atoms with Crippen LogP contribution in [0, 0.1) is 23.2 Å². The SMILES string of the molecule is CC1CN(CC#CC(C)(C)C)CCC1=O. The highest BCUT2D eigenvalue weighted by Gasteiger charge is 2.22. The van der Waals surface area contributed by atoms with Crippen LogP contribution in [-0.2, 0) is 4.79 Å². The molecular formula is C13H21NO. The predicted molar refractivity (Wildman–Crippen MR) is 62.5 cm³/mol. The second kappa shape index (κ2) is 4.81. The summed E-state index contributed by atoms with van der Waals surface area (Å²) in [5, 5.41) is 0. The van der Waals surface area contributed by atoms with Gasteiger partial charge in [0.1, 0.15) is 5.78 Å². The maximum Gasteiger partial charge on any atom is 0.138 e. The van der Waals surface area contributed by atoms with E-state index in [9.17, 15) is 4.79 Å². The van der Waals surface area contributed by atoms with Crippen LogP contribution in [0.2, 0.25) is 0 Å². The normalized spacial score (nSPS) is 23.5. The number of ketones is 1. The molecule has 1 fully saturated rings. The number of nitrogens with zero attached hydrogens (tertiary/aromatic N) is 1. The summed E-state index contributed by atoms with van der Waals surface area (Å²) in [4.78, 5) is 13.6. The molecule has 0 aromatic rings. The molecule has 0 spiro atoms. The summed E-state index contributed by atoms with van der Waals surface area (Å²) in [6.45, 7) is 10.9. The van der Waals surface area contributed by atoms with Crippen LogP contribution in [0.15, 0.2) is 0 Å². The highest BCUT2D eigenvalue weighted by Crippen LogP contribution is 2.12. The Morgan fingerprint density at radius 3 is 2.67 bits per heavy atom. The van der Waals surface area contributed by atoms with E-state index < -0.39 is 0 Å². The molecule has 1 heterocycles. The van der Waals surface area contributed by atoms with Crippen LogP contribution in [-0.4, -0.2) is 30.3 Å². The Balaban J connectivity index is 2.40. The first-order valence-corrected chi connectivity index (χ1v) is 5.63. The smallest absolute Gasteiger partial charge is 0.138 e. The van der Waals surface area contributed by atoms with Crippen LogP contribution >= 0.6 is 0 Å². The Morgan fingerprint density at radius 2 is 2.13 bits per heavy atom. The maximum absolute atomic E-state index is 11.3. The molecule has 0 aromatic carbocycles. The lowest BCUT2D eigenvalue weighted by Crippen LogP contribution is -2.39. The summed E-state index contributed by atoms with van der Waals surface area (Å²) in [6, 6.07) is 0. The monoisotopic (exact) mass is 207 g/mol. The molecule has 1 saturated heterocycles. The van der Waals surface area contributed by atoms with Crippen molar-refractivity contribution in [1.29, 1.82) is 0 Å². The minimum atomic E-state index is 0.0806. The molecule has 84 valence electrons. The lowest BCUT2D eigenvalue weighted by molar-refractivity contribution is -0.125. The molecule has 1 atom stereocenters. The topological polar surface area (TPSA) is 20.3 Å². The van der Waals surface area contributed by atoms with Crippen molar-refractivity contribution in [2.24, 2.45) is 11.3 Å². The van der Waals surface area contributed by atoms with Gasteiger partial charge in [-0.3, -0.25) is 9.69 Å². The number of Topliss-reactive ketones (excluding diaryl/α,β-unsaturated/α-hetero) is 1. The van der Waals surface area contributed by atoms with Gasteiger partial charge in [0.25, 0.3) is 0 Å². The average molecular weight is 207 g/mol. The molecule has 2 heteroatoms. The fourth-order valence-electron chi connectivity index (χ4n) is 1.66. The largest absolute Gasteiger partial charge is 0.299 e. The Hall–Kier alpha value is -0.810. The third kappa shape index (κ3) is 4.48. The predicted octanol–water partition coefficient (Wildman–Crippen LogP) is 1.95. The van der Waals surface area contributed by atoms with Crippen molar-refractivity contribution in [3.05, 3.63) is 0 Å². The Bertz CT molecular complexity index is 290. The molecule has 1 aliphatic rings. The molecule has 0 saturated carbocycles. The van der Waals surface area contributed by atoms with Crippen molar-refractivity contribution in [3.63, 3.8) is 0 Å². The minimum absolute atomic E-state index is 0.0806. The van der Waals surface area contributed by atoms with Gasteiger partial charge < -0.3 is 0 Å². The van der Waals surface area contributed by atoms with Crippen molar-refractivity contribution in [3.8, 4) is 11.8 Å². The summed E-state index contributed by atoms with van der Waals surface area (Å²) in [5.74, 6) is 7.00. The molecule has 0 aromatic heterocycles. The molecule has 0 N–H and O–H groups in total. The van der Waals surface area contributed by atoms with Crippen LogP contribution < -0.4 is 0 Å². The molecule has 0 aliphatic carbocycles. The van der Waals surface area contributed by atoms with Crippen molar-refractivity contribution < 1.29 is 4.79 Å². The molecular weight excluding hydrogens is 186 g/mol. The molecule has 0 amide bonds. The number of likely N-dealkylation sites (tertiary alicyclic amines) is 1. The van der Waals surface area contributed by atoms with Gasteiger partial charge in [-0.05, 0) is 20.8 Å². The van der Waals surface area contributed by atoms with Crippen LogP contribution in [0.3, 0.4) is 0 Å². The van der Waals surface area contributed by atoms with Gasteiger partial charge in [-0.25, -0.2) is 0 Å². The number of carbonyl (C=O) groups is 1. The van der Waals surface area contributed by atoms with E-state index in [0.717, 1.165) is 19.6 Å². The summed E-state index contributed by atoms with van der Waals surface area (Å²) in [6.07, 6.45) is 0.693. The van der Waals surface area contributed by atoms with Gasteiger partial charge in [0.05, 0.1) is 6.54 Å². The first-order chi connectivity index (χ1) is 6.88. The number of rotatable bonds is 1. The molecule has 0 bridgehead atoms. The Morgan fingerprint density at radius 1 is 1.47 bits per heavy atom. The third-order valence-electron chi connectivity index (χ3n) is 2.52. The van der Waals surface area contributed by atoms with E-state index in [1.807, 2.05) is 6.92 Å². The van der Waals surface area contributed by atoms with Crippen LogP contribution in [0.1, 0.15) is 34.1 Å². The van der Waals surface area contributed by atoms with E-state index in [1.54, 1.807) is 0 Å². The van der Waals surface area contributed by atoms with Gasteiger partial charge in [-0.2, -0.15) is 0 Å². The molecule has 1 rings (SSSR count). The molecule has 1 aliphatic heterocycles. The van der Waals surface area contributed by atoms with Gasteiger partial charge in [0.15, 0.2) is 0 Å². The zero-order valence-corrected chi connectivity index (χ0v) is 10.3. The zero-order chi connectivity index (χ0) is 11.5. The van der Waals surface area contributed by atoms with Gasteiger partial charge >= 0.3 is 0 Å². The molecule has 15 heavy (non-hydrogen) atoms. The quantitative estimate of drug-likeness (QED) is 0.612. The third-order valence-corrected chi connectivity index (χ3v) is 2.52. The summed E-state index contributed by atoms with van der Waals surface area (Å²) < 4.78 is 0. The summed E-state index contributed by atoms with van der Waals surface area (Å²) in [7, 11) is 0. The first-order valence-electron chi connectivity index (χ1n) is 5.63. The van der Waals surface area contributed by atoms with Crippen molar-refractivity contribution in [1.82, 2.24) is 4.90 Å². The van der Waals surface area contributed by atoms with Crippen LogP contribution in [0.4, 0.5) is 0 Å². The van der Waals surface area contributed by atoms with Crippen molar-refractivity contribution in [2.75, 3.05) is 19.6 Å². The Kier molecular flexibility index (Phi) is 3.93. The van der Waals surface area contributed by atoms with E-state index in [4.69, 9.17) is 0 Å². The van der Waals surface area contributed by atoms with Gasteiger partial charge in [-0.1, -0.05) is 18.8 Å². The highest BCUT2D eigenvalue weighted by atomic mass is 16.1. The van der Waals surface area contributed by atoms with E-state index in [0.29, 0.717) is 12.2 Å². The lowest BCUT2D eigenvalue weighted by Gasteiger charge is -2.28. The van der Waals surface area contributed by atoms with E-state index in [-0.39, 0.29) is 11.3 Å². The van der Waals surface area contributed by atoms with E-state index in [2.05, 4.69) is 37.5 Å². The fourth-order valence-corrected chi connectivity index (χ4v) is 1.66. The lowest BCUT2D eigenvalue weighted by atomic mass is 9.97. The van der Waals surface area contributed by atoms with Crippen LogP contribution in [0.5, 0.6) is 0 Å². The first kappa shape index (κ1) is 12.3. The van der Waals surface area contributed by atoms with Gasteiger partial charge in [0, 0.05) is 30.8 Å². The minimum Gasteiger partial charge on any atom is -0.299 e. The fraction of sp³-hybridized carbons (Fsp3) is 0.769. The van der Waals surface area contributed by atoms with Crippen LogP contribution in [0.25, 0.3) is 0 Å². The zero-order valence-electron chi connectivity index (χ0n) is 10.3. The average Bonchev–Trinajstić information content (AvgIpc) is 2.09. The molecule has 2 nitrogen and oxygen atoms in total. The molecule has 0 radical (unpaired) electrons. The van der Waals surface area contributed by atoms with Gasteiger partial charge in [0.2, 0.25) is 0 Å². The molecule has 1 unspecified atom stereocenters. The van der Waals surface area contributed by atoms with Crippen molar-refractivity contribution >= 4 is 5.78 Å². The highest BCUT2D eigenvalue weighted by molar-refractivity contribution is 5.81. The summed E-state index contributed by atoms with van der Waals surface area (Å²) in [5.41, 5.74) is 0.0806. The Labute approximate surface area is 93.0 Å². The number of hydrogen-bond acceptors (Lipinski definition) is 2. The second-order valence-corrected chi connectivity index (χ2v) is 5.40. The van der Waals surface area contributed by atoms with Crippen molar-refractivity contribution in [2.45, 2.75) is 34.1 Å². The standard InChI is InChI=1S/C13H21NO/c1-11-10-14(9-6-12(11)15)8-5-7-13(2,3)4/h11H,6,8-10H2,1-4H3. The van der Waals surface area contributed by atoms with E-state index in [1.165, 1.54) is 0 Å². The number of carbonyl (C=O) groups excluding carboxylic acids is 1. The van der Waals surface area contributed by atoms with E-state index >= 15 is 0 Å². The van der Waals surface area contributed by atoms with Gasteiger partial charge in [-0.15, -0.1) is 0 Å². The number of piperidine rings is 1. The summed E-state index contributed by atoms with van der Waals surface area (Å²) >= 11 is 0.